The summed E-state index contributed by atoms with van der Waals surface area (Å²) in [6.07, 6.45) is 0. The van der Waals surface area contributed by atoms with Crippen molar-refractivity contribution in [2.75, 3.05) is 0 Å². The van der Waals surface area contributed by atoms with Gasteiger partial charge in [0.15, 0.2) is 0 Å². The van der Waals surface area contributed by atoms with Crippen molar-refractivity contribution < 1.29 is 63.2 Å². The largest absolute Gasteiger partial charge is 1.00 e. The average Bonchev–Trinajstić information content (AvgIpc) is 0.918. The Morgan fingerprint density at radius 2 is 1.50 bits per heavy atom. The first-order valence-electron chi connectivity index (χ1n) is 0.447. The quantitative estimate of drug-likeness (QED) is 0.213. The van der Waals surface area contributed by atoms with Crippen LogP contribution >= 0.6 is 0 Å². The minimum absolute atomic E-state index is 0. The van der Waals surface area contributed by atoms with E-state index in [4.69, 9.17) is 10.4 Å². The fourth-order valence-corrected chi connectivity index (χ4v) is 0. The smallest absolute Gasteiger partial charge is 1.00 e. The van der Waals surface area contributed by atoms with E-state index in [0.717, 1.165) is 5.64 Å². The third kappa shape index (κ3) is 9.68. The van der Waals surface area contributed by atoms with Crippen LogP contribution in [0.3, 0.4) is 0 Å². The molecule has 0 aliphatic heterocycles. The van der Waals surface area contributed by atoms with Crippen LogP contribution in [0.2, 0.25) is 0 Å². The first-order chi connectivity index (χ1) is 1.41. The molecule has 0 aliphatic carbocycles. The molecule has 4 heavy (non-hydrogen) atoms. The number of nitrogens with one attached hydrogen (secondary N) is 1. The van der Waals surface area contributed by atoms with E-state index in [2.05, 4.69) is 0 Å². The van der Waals surface area contributed by atoms with Crippen LogP contribution in [0.5, 0.6) is 0 Å². The van der Waals surface area contributed by atoms with Gasteiger partial charge in [0.25, 0.3) is 0 Å². The summed E-state index contributed by atoms with van der Waals surface area (Å²) in [5, 5.41) is 13.8. The minimum atomic E-state index is 0. The van der Waals surface area contributed by atoms with Crippen molar-refractivity contribution in [1.29, 1.82) is 0 Å². The molecule has 0 aromatic rings. The Labute approximate surface area is 67.8 Å². The molecule has 0 amide bonds. The summed E-state index contributed by atoms with van der Waals surface area (Å²) in [7, 11) is 0. The van der Waals surface area contributed by atoms with Gasteiger partial charge in [0.2, 0.25) is 0 Å². The van der Waals surface area contributed by atoms with Gasteiger partial charge in [-0.25, -0.2) is 0 Å². The maximum atomic E-state index is 6.88. The topological polar surface area (TPSA) is 52.5 Å². The standard InChI is InChI=1S/K.H3NO2.H/c;2-1-3;/h;1-3H;/q+1;;-1. The van der Waals surface area contributed by atoms with Crippen LogP contribution in [0.25, 0.3) is 0 Å². The van der Waals surface area contributed by atoms with Crippen LogP contribution < -0.4 is 57.0 Å². The monoisotopic (exact) mass is 89.0 g/mol. The second-order valence-electron chi connectivity index (χ2n) is 0.100. The molecule has 0 heterocycles. The Bertz CT molecular complexity index is 9.61. The van der Waals surface area contributed by atoms with Gasteiger partial charge in [0.05, 0.1) is 0 Å². The van der Waals surface area contributed by atoms with Gasteiger partial charge >= 0.3 is 51.4 Å². The van der Waals surface area contributed by atoms with Crippen molar-refractivity contribution in [1.82, 2.24) is 5.64 Å². The van der Waals surface area contributed by atoms with Crippen molar-refractivity contribution in [3.63, 3.8) is 0 Å². The summed E-state index contributed by atoms with van der Waals surface area (Å²) < 4.78 is 0. The molecule has 0 aliphatic rings. The first-order valence-corrected chi connectivity index (χ1v) is 0.447. The van der Waals surface area contributed by atoms with Crippen molar-refractivity contribution in [3.8, 4) is 0 Å². The van der Waals surface area contributed by atoms with Gasteiger partial charge in [-0.15, -0.1) is 0 Å². The second-order valence-corrected chi connectivity index (χ2v) is 0.100. The third-order valence-corrected chi connectivity index (χ3v) is 0. The second kappa shape index (κ2) is 8.82. The van der Waals surface area contributed by atoms with E-state index >= 15 is 0 Å². The molecule has 0 saturated carbocycles. The predicted octanol–water partition coefficient (Wildman–Crippen LogP) is -3.53. The number of hydrogen-bond acceptors (Lipinski definition) is 3. The molecule has 0 saturated heterocycles. The van der Waals surface area contributed by atoms with Gasteiger partial charge in [-0.2, -0.15) is 0 Å². The minimum Gasteiger partial charge on any atom is -1.00 e. The molecule has 0 bridgehead atoms. The van der Waals surface area contributed by atoms with Gasteiger partial charge in [0.1, 0.15) is 0 Å². The number of hydrogen-bond donors (Lipinski definition) is 3. The zero-order chi connectivity index (χ0) is 2.71. The fourth-order valence-electron chi connectivity index (χ4n) is 0. The van der Waals surface area contributed by atoms with Gasteiger partial charge in [0, 0.05) is 0 Å². The van der Waals surface area contributed by atoms with Crippen LogP contribution in [-0.2, 0) is 0 Å². The van der Waals surface area contributed by atoms with Gasteiger partial charge in [-0.3, -0.25) is 10.4 Å². The zero-order valence-corrected chi connectivity index (χ0v) is 5.52. The zero-order valence-electron chi connectivity index (χ0n) is 3.39. The van der Waals surface area contributed by atoms with E-state index in [1.54, 1.807) is 0 Å². The molecule has 0 radical (unpaired) electrons. The summed E-state index contributed by atoms with van der Waals surface area (Å²) in [6, 6.07) is 0. The average molecular weight is 89.1 g/mol. The van der Waals surface area contributed by atoms with Crippen LogP contribution in [0.15, 0.2) is 0 Å². The van der Waals surface area contributed by atoms with E-state index in [0.29, 0.717) is 0 Å². The van der Waals surface area contributed by atoms with E-state index in [-0.39, 0.29) is 52.8 Å². The van der Waals surface area contributed by atoms with Crippen molar-refractivity contribution in [2.45, 2.75) is 0 Å². The van der Waals surface area contributed by atoms with Crippen LogP contribution in [0, 0.1) is 0 Å². The van der Waals surface area contributed by atoms with E-state index in [9.17, 15) is 0 Å². The van der Waals surface area contributed by atoms with Crippen LogP contribution in [0.4, 0.5) is 0 Å². The van der Waals surface area contributed by atoms with E-state index < -0.39 is 0 Å². The molecule has 3 N–H and O–H groups in total. The molecule has 0 atom stereocenters. The summed E-state index contributed by atoms with van der Waals surface area (Å²) >= 11 is 0. The van der Waals surface area contributed by atoms with E-state index in [1.807, 2.05) is 0 Å². The summed E-state index contributed by atoms with van der Waals surface area (Å²) in [4.78, 5) is 0. The van der Waals surface area contributed by atoms with Crippen LogP contribution in [0.1, 0.15) is 1.43 Å². The molecule has 4 heteroatoms. The van der Waals surface area contributed by atoms with Gasteiger partial charge < -0.3 is 1.43 Å². The maximum Gasteiger partial charge on any atom is 1.00 e. The molecular formula is H4KNO2. The molecule has 0 aromatic carbocycles. The number of rotatable bonds is 0. The predicted molar refractivity (Wildman–Crippen MR) is 7.82 cm³/mol. The molecular weight excluding hydrogens is 85.1 g/mol. The molecule has 3 nitrogen and oxygen atoms in total. The van der Waals surface area contributed by atoms with Crippen molar-refractivity contribution >= 4 is 0 Å². The first kappa shape index (κ1) is 9.10. The summed E-state index contributed by atoms with van der Waals surface area (Å²) in [6.45, 7) is 0. The Kier molecular flexibility index (Phi) is 20.1. The van der Waals surface area contributed by atoms with Crippen molar-refractivity contribution in [2.24, 2.45) is 0 Å². The Balaban J connectivity index is -0.0000000200. The summed E-state index contributed by atoms with van der Waals surface area (Å²) in [5.74, 6) is 0. The molecule has 0 rings (SSSR count). The Hall–Kier alpha value is 1.52. The maximum absolute atomic E-state index is 6.88. The van der Waals surface area contributed by atoms with Crippen molar-refractivity contribution in [3.05, 3.63) is 0 Å². The van der Waals surface area contributed by atoms with Crippen LogP contribution in [-0.4, -0.2) is 10.4 Å². The Morgan fingerprint density at radius 3 is 1.50 bits per heavy atom. The van der Waals surface area contributed by atoms with Gasteiger partial charge in [-0.1, -0.05) is 5.64 Å². The molecule has 0 aromatic heterocycles. The molecule has 0 unspecified atom stereocenters. The third-order valence-electron chi connectivity index (χ3n) is 0. The SMILES string of the molecule is ONO.[H-].[K+]. The van der Waals surface area contributed by atoms with Gasteiger partial charge in [-0.05, 0) is 0 Å². The Morgan fingerprint density at radius 1 is 1.50 bits per heavy atom. The summed E-state index contributed by atoms with van der Waals surface area (Å²) in [5.41, 5.74) is 0.750. The molecule has 22 valence electrons. The van der Waals surface area contributed by atoms with E-state index in [1.165, 1.54) is 0 Å². The molecule has 0 spiro atoms. The normalized spacial score (nSPS) is 4.50. The molecule has 0 fully saturated rings. The fraction of sp³-hybridized carbons (Fsp3) is 0.